The number of carbonyl (C=O) groups is 1. The van der Waals surface area contributed by atoms with Crippen molar-refractivity contribution in [3.8, 4) is 0 Å². The molecular weight excluding hydrogens is 378 g/mol. The summed E-state index contributed by atoms with van der Waals surface area (Å²) in [6.07, 6.45) is 3.72. The molecule has 2 fully saturated rings. The van der Waals surface area contributed by atoms with E-state index in [0.29, 0.717) is 25.2 Å². The van der Waals surface area contributed by atoms with E-state index in [-0.39, 0.29) is 18.3 Å². The van der Waals surface area contributed by atoms with Crippen LogP contribution in [0.1, 0.15) is 24.8 Å². The van der Waals surface area contributed by atoms with Gasteiger partial charge >= 0.3 is 0 Å². The van der Waals surface area contributed by atoms with Gasteiger partial charge in [0.25, 0.3) is 0 Å². The van der Waals surface area contributed by atoms with E-state index in [9.17, 15) is 4.79 Å². The van der Waals surface area contributed by atoms with Gasteiger partial charge in [0.15, 0.2) is 0 Å². The number of hydrogen-bond acceptors (Lipinski definition) is 3. The highest BCUT2D eigenvalue weighted by molar-refractivity contribution is 9.10. The summed E-state index contributed by atoms with van der Waals surface area (Å²) in [4.78, 5) is 16.6. The highest BCUT2D eigenvalue weighted by Crippen LogP contribution is 2.21. The summed E-state index contributed by atoms with van der Waals surface area (Å²) in [6, 6.07) is 9.33. The van der Waals surface area contributed by atoms with E-state index in [4.69, 9.17) is 0 Å². The van der Waals surface area contributed by atoms with E-state index in [2.05, 4.69) is 32.2 Å². The number of carbonyl (C=O) groups excluding carboxylic acids is 1. The van der Waals surface area contributed by atoms with Gasteiger partial charge in [-0.15, -0.1) is 12.4 Å². The minimum Gasteiger partial charge on any atom is -0.340 e. The zero-order chi connectivity index (χ0) is 15.5. The summed E-state index contributed by atoms with van der Waals surface area (Å²) in [5, 5.41) is 3.66. The van der Waals surface area contributed by atoms with Gasteiger partial charge in [-0.05, 0) is 30.9 Å². The summed E-state index contributed by atoms with van der Waals surface area (Å²) in [7, 11) is 1.89. The maximum atomic E-state index is 12.5. The molecule has 2 aliphatic rings. The fraction of sp³-hybridized carbons (Fsp3) is 0.588. The first-order valence-electron chi connectivity index (χ1n) is 8.07. The molecule has 2 saturated heterocycles. The average Bonchev–Trinajstić information content (AvgIpc) is 2.84. The second kappa shape index (κ2) is 8.47. The van der Waals surface area contributed by atoms with Crippen molar-refractivity contribution in [3.05, 3.63) is 34.3 Å². The van der Waals surface area contributed by atoms with E-state index in [1.54, 1.807) is 0 Å². The Morgan fingerprint density at radius 1 is 1.30 bits per heavy atom. The van der Waals surface area contributed by atoms with Gasteiger partial charge in [0, 0.05) is 43.2 Å². The number of halogens is 2. The number of benzene rings is 1. The first kappa shape index (κ1) is 18.7. The average molecular weight is 403 g/mol. The molecule has 2 atom stereocenters. The fourth-order valence-electron chi connectivity index (χ4n) is 3.44. The lowest BCUT2D eigenvalue weighted by molar-refractivity contribution is -0.131. The Morgan fingerprint density at radius 2 is 2.04 bits per heavy atom. The number of fused-ring (bicyclic) bond motifs is 2. The standard InChI is InChI=1S/C17H24BrN3O.ClH/c1-20(10-13-4-2-3-5-16(13)18)17(22)12-21-9-8-14-6-7-15(11-21)19-14;/h2-5,14-15,19H,6-12H2,1H3;1H. The minimum atomic E-state index is 0. The Bertz CT molecular complexity index is 542. The maximum Gasteiger partial charge on any atom is 0.236 e. The summed E-state index contributed by atoms with van der Waals surface area (Å²) >= 11 is 3.55. The van der Waals surface area contributed by atoms with Crippen LogP contribution in [0.2, 0.25) is 0 Å². The largest absolute Gasteiger partial charge is 0.340 e. The molecule has 1 aromatic rings. The molecule has 2 aliphatic heterocycles. The van der Waals surface area contributed by atoms with Gasteiger partial charge in [-0.3, -0.25) is 9.69 Å². The van der Waals surface area contributed by atoms with Crippen molar-refractivity contribution in [2.75, 3.05) is 26.7 Å². The van der Waals surface area contributed by atoms with Crippen molar-refractivity contribution in [2.45, 2.75) is 37.9 Å². The van der Waals surface area contributed by atoms with Gasteiger partial charge in [-0.25, -0.2) is 0 Å². The summed E-state index contributed by atoms with van der Waals surface area (Å²) < 4.78 is 1.06. The van der Waals surface area contributed by atoms with Gasteiger partial charge in [0.05, 0.1) is 6.54 Å². The molecule has 23 heavy (non-hydrogen) atoms. The summed E-state index contributed by atoms with van der Waals surface area (Å²) in [5.74, 6) is 0.202. The van der Waals surface area contributed by atoms with Crippen LogP contribution < -0.4 is 5.32 Å². The van der Waals surface area contributed by atoms with E-state index < -0.39 is 0 Å². The number of nitrogens with one attached hydrogen (secondary N) is 1. The summed E-state index contributed by atoms with van der Waals surface area (Å²) in [5.41, 5.74) is 1.15. The van der Waals surface area contributed by atoms with Crippen LogP contribution in [0.15, 0.2) is 28.7 Å². The molecule has 4 nitrogen and oxygen atoms in total. The second-order valence-electron chi connectivity index (χ2n) is 6.50. The van der Waals surface area contributed by atoms with E-state index >= 15 is 0 Å². The molecule has 1 aromatic carbocycles. The third-order valence-corrected chi connectivity index (χ3v) is 5.53. The Balaban J connectivity index is 0.00000192. The van der Waals surface area contributed by atoms with E-state index in [1.807, 2.05) is 30.1 Å². The third-order valence-electron chi connectivity index (χ3n) is 4.76. The van der Waals surface area contributed by atoms with Crippen LogP contribution in [-0.4, -0.2) is 54.5 Å². The highest BCUT2D eigenvalue weighted by atomic mass is 79.9. The molecule has 2 heterocycles. The first-order chi connectivity index (χ1) is 10.6. The number of likely N-dealkylation sites (tertiary alicyclic amines) is 1. The SMILES string of the molecule is CN(Cc1ccccc1Br)C(=O)CN1CCC2CCC(C1)N2.Cl. The Hall–Kier alpha value is -0.620. The molecule has 1 N–H and O–H groups in total. The molecule has 128 valence electrons. The van der Waals surface area contributed by atoms with Gasteiger partial charge in [-0.2, -0.15) is 0 Å². The van der Waals surface area contributed by atoms with Gasteiger partial charge in [0.2, 0.25) is 5.91 Å². The Morgan fingerprint density at radius 3 is 2.83 bits per heavy atom. The topological polar surface area (TPSA) is 35.6 Å². The molecule has 6 heteroatoms. The molecule has 0 aliphatic carbocycles. The van der Waals surface area contributed by atoms with Crippen molar-refractivity contribution in [2.24, 2.45) is 0 Å². The van der Waals surface area contributed by atoms with Crippen LogP contribution in [0.3, 0.4) is 0 Å². The minimum absolute atomic E-state index is 0. The van der Waals surface area contributed by atoms with E-state index in [0.717, 1.165) is 29.5 Å². The molecule has 0 saturated carbocycles. The van der Waals surface area contributed by atoms with Gasteiger partial charge in [0.1, 0.15) is 0 Å². The van der Waals surface area contributed by atoms with Crippen LogP contribution in [0.25, 0.3) is 0 Å². The van der Waals surface area contributed by atoms with Gasteiger partial charge < -0.3 is 10.2 Å². The van der Waals surface area contributed by atoms with Crippen LogP contribution in [0.5, 0.6) is 0 Å². The zero-order valence-electron chi connectivity index (χ0n) is 13.5. The molecule has 0 radical (unpaired) electrons. The van der Waals surface area contributed by atoms with Crippen molar-refractivity contribution in [1.82, 2.24) is 15.1 Å². The van der Waals surface area contributed by atoms with Crippen LogP contribution in [-0.2, 0) is 11.3 Å². The smallest absolute Gasteiger partial charge is 0.236 e. The predicted molar refractivity (Wildman–Crippen MR) is 98.9 cm³/mol. The molecule has 2 bridgehead atoms. The Labute approximate surface area is 153 Å². The lowest BCUT2D eigenvalue weighted by Crippen LogP contribution is -2.42. The number of rotatable bonds is 4. The van der Waals surface area contributed by atoms with Crippen LogP contribution >= 0.6 is 28.3 Å². The Kier molecular flexibility index (Phi) is 6.89. The number of likely N-dealkylation sites (N-methyl/N-ethyl adjacent to an activating group) is 1. The first-order valence-corrected chi connectivity index (χ1v) is 8.87. The number of amides is 1. The monoisotopic (exact) mass is 401 g/mol. The predicted octanol–water partition coefficient (Wildman–Crippen LogP) is 2.66. The quantitative estimate of drug-likeness (QED) is 0.841. The molecule has 3 rings (SSSR count). The lowest BCUT2D eigenvalue weighted by atomic mass is 10.1. The maximum absolute atomic E-state index is 12.5. The highest BCUT2D eigenvalue weighted by Gasteiger charge is 2.30. The summed E-state index contributed by atoms with van der Waals surface area (Å²) in [6.45, 7) is 3.22. The number of nitrogens with zero attached hydrogens (tertiary/aromatic N) is 2. The zero-order valence-corrected chi connectivity index (χ0v) is 15.9. The van der Waals surface area contributed by atoms with Crippen molar-refractivity contribution < 1.29 is 4.79 Å². The van der Waals surface area contributed by atoms with E-state index in [1.165, 1.54) is 12.8 Å². The van der Waals surface area contributed by atoms with Crippen molar-refractivity contribution in [1.29, 1.82) is 0 Å². The van der Waals surface area contributed by atoms with Crippen LogP contribution in [0, 0.1) is 0 Å². The third kappa shape index (κ3) is 4.92. The van der Waals surface area contributed by atoms with Crippen molar-refractivity contribution >= 4 is 34.2 Å². The normalized spacial score (nSPS) is 23.9. The molecule has 1 amide bonds. The van der Waals surface area contributed by atoms with Crippen LogP contribution in [0.4, 0.5) is 0 Å². The van der Waals surface area contributed by atoms with Crippen molar-refractivity contribution in [3.63, 3.8) is 0 Å². The van der Waals surface area contributed by atoms with Gasteiger partial charge in [-0.1, -0.05) is 34.1 Å². The molecular formula is C17H25BrClN3O. The molecule has 0 aromatic heterocycles. The second-order valence-corrected chi connectivity index (χ2v) is 7.36. The molecule has 2 unspecified atom stereocenters. The fourth-order valence-corrected chi connectivity index (χ4v) is 3.85. The lowest BCUT2D eigenvalue weighted by Gasteiger charge is -2.26. The molecule has 0 spiro atoms. The number of hydrogen-bond donors (Lipinski definition) is 1.